The first-order valence-corrected chi connectivity index (χ1v) is 2.72. The number of rotatable bonds is 3. The standard InChI is InChI=1S/C7H11N3/c1-5(9-3)7(8)6(2)10-4/h1,3-4,8H2,2H3/b7-6+. The van der Waals surface area contributed by atoms with Crippen LogP contribution in [-0.2, 0) is 0 Å². The van der Waals surface area contributed by atoms with Crippen molar-refractivity contribution in [2.75, 3.05) is 0 Å². The predicted molar refractivity (Wildman–Crippen MR) is 45.1 cm³/mol. The summed E-state index contributed by atoms with van der Waals surface area (Å²) in [5.41, 5.74) is 6.99. The fraction of sp³-hybridized carbons (Fsp3) is 0.143. The van der Waals surface area contributed by atoms with E-state index < -0.39 is 0 Å². The number of hydrogen-bond acceptors (Lipinski definition) is 3. The first-order chi connectivity index (χ1) is 4.63. The summed E-state index contributed by atoms with van der Waals surface area (Å²) in [7, 11) is 0. The topological polar surface area (TPSA) is 50.7 Å². The molecule has 0 aromatic heterocycles. The van der Waals surface area contributed by atoms with Gasteiger partial charge in [0.25, 0.3) is 0 Å². The average Bonchev–Trinajstić information content (AvgIpc) is 2.00. The summed E-state index contributed by atoms with van der Waals surface area (Å²) in [4.78, 5) is 7.16. The first kappa shape index (κ1) is 8.62. The first-order valence-electron chi connectivity index (χ1n) is 2.72. The van der Waals surface area contributed by atoms with E-state index in [2.05, 4.69) is 30.0 Å². The Balaban J connectivity index is 4.61. The molecule has 0 aliphatic heterocycles. The van der Waals surface area contributed by atoms with Gasteiger partial charge in [-0.2, -0.15) is 0 Å². The Morgan fingerprint density at radius 1 is 1.30 bits per heavy atom. The highest BCUT2D eigenvalue weighted by molar-refractivity contribution is 5.39. The number of nitrogens with two attached hydrogens (primary N) is 1. The van der Waals surface area contributed by atoms with Crippen LogP contribution in [0.4, 0.5) is 0 Å². The molecule has 0 aliphatic rings. The third-order valence-corrected chi connectivity index (χ3v) is 1.13. The van der Waals surface area contributed by atoms with Gasteiger partial charge < -0.3 is 5.73 Å². The lowest BCUT2D eigenvalue weighted by Gasteiger charge is -1.99. The summed E-state index contributed by atoms with van der Waals surface area (Å²) in [6.45, 7) is 11.9. The Morgan fingerprint density at radius 3 is 2.10 bits per heavy atom. The van der Waals surface area contributed by atoms with Crippen LogP contribution in [0.5, 0.6) is 0 Å². The van der Waals surface area contributed by atoms with Crippen molar-refractivity contribution in [3.8, 4) is 0 Å². The third kappa shape index (κ3) is 1.85. The molecule has 0 amide bonds. The molecule has 0 unspecified atom stereocenters. The Hall–Kier alpha value is -1.38. The Bertz CT molecular complexity index is 201. The molecule has 0 aromatic rings. The van der Waals surface area contributed by atoms with Gasteiger partial charge >= 0.3 is 0 Å². The summed E-state index contributed by atoms with van der Waals surface area (Å²) in [5.74, 6) is 0. The smallest absolute Gasteiger partial charge is 0.0798 e. The lowest BCUT2D eigenvalue weighted by molar-refractivity contribution is 1.15. The Kier molecular flexibility index (Phi) is 3.11. The lowest BCUT2D eigenvalue weighted by atomic mass is 10.3. The summed E-state index contributed by atoms with van der Waals surface area (Å²) >= 11 is 0. The SMILES string of the molecule is C=NC(=C)/C(N)=C(/C)N=C. The molecule has 0 radical (unpaired) electrons. The van der Waals surface area contributed by atoms with Crippen molar-refractivity contribution >= 4 is 13.4 Å². The summed E-state index contributed by atoms with van der Waals surface area (Å²) < 4.78 is 0. The van der Waals surface area contributed by atoms with Crippen molar-refractivity contribution in [2.45, 2.75) is 6.92 Å². The molecule has 0 aliphatic carbocycles. The van der Waals surface area contributed by atoms with E-state index in [9.17, 15) is 0 Å². The number of allylic oxidation sites excluding steroid dienone is 1. The molecule has 3 heteroatoms. The van der Waals surface area contributed by atoms with Crippen molar-refractivity contribution in [1.29, 1.82) is 0 Å². The van der Waals surface area contributed by atoms with Crippen LogP contribution in [0.25, 0.3) is 0 Å². The van der Waals surface area contributed by atoms with Gasteiger partial charge in [0.05, 0.1) is 17.1 Å². The van der Waals surface area contributed by atoms with Crippen LogP contribution < -0.4 is 5.73 Å². The van der Waals surface area contributed by atoms with Gasteiger partial charge in [0.15, 0.2) is 0 Å². The van der Waals surface area contributed by atoms with E-state index in [0.29, 0.717) is 17.1 Å². The molecule has 2 N–H and O–H groups in total. The zero-order valence-electron chi connectivity index (χ0n) is 6.09. The van der Waals surface area contributed by atoms with Crippen molar-refractivity contribution in [1.82, 2.24) is 0 Å². The van der Waals surface area contributed by atoms with E-state index in [1.54, 1.807) is 6.92 Å². The van der Waals surface area contributed by atoms with Crippen molar-refractivity contribution < 1.29 is 0 Å². The highest BCUT2D eigenvalue weighted by Crippen LogP contribution is 2.07. The summed E-state index contributed by atoms with van der Waals surface area (Å²) in [6, 6.07) is 0. The monoisotopic (exact) mass is 137 g/mol. The molecule has 0 bridgehead atoms. The molecular weight excluding hydrogens is 126 g/mol. The second-order valence-electron chi connectivity index (χ2n) is 1.76. The van der Waals surface area contributed by atoms with Crippen LogP contribution in [0, 0.1) is 0 Å². The molecule has 0 rings (SSSR count). The second-order valence-corrected chi connectivity index (χ2v) is 1.76. The van der Waals surface area contributed by atoms with Crippen molar-refractivity contribution in [2.24, 2.45) is 15.7 Å². The zero-order chi connectivity index (χ0) is 8.15. The van der Waals surface area contributed by atoms with E-state index in [-0.39, 0.29) is 0 Å². The number of hydrogen-bond donors (Lipinski definition) is 1. The van der Waals surface area contributed by atoms with Crippen LogP contribution in [0.2, 0.25) is 0 Å². The minimum atomic E-state index is 0.435. The minimum absolute atomic E-state index is 0.435. The van der Waals surface area contributed by atoms with Crippen LogP contribution in [0.15, 0.2) is 33.7 Å². The van der Waals surface area contributed by atoms with Crippen LogP contribution >= 0.6 is 0 Å². The molecular formula is C7H11N3. The molecule has 0 spiro atoms. The molecule has 0 saturated carbocycles. The second kappa shape index (κ2) is 3.61. The van der Waals surface area contributed by atoms with Gasteiger partial charge in [-0.15, -0.1) is 0 Å². The highest BCUT2D eigenvalue weighted by Gasteiger charge is 1.96. The quantitative estimate of drug-likeness (QED) is 0.459. The van der Waals surface area contributed by atoms with Crippen molar-refractivity contribution in [3.05, 3.63) is 23.7 Å². The lowest BCUT2D eigenvalue weighted by Crippen LogP contribution is -2.00. The molecule has 3 nitrogen and oxygen atoms in total. The van der Waals surface area contributed by atoms with Gasteiger partial charge in [-0.3, -0.25) is 9.98 Å². The Labute approximate surface area is 60.7 Å². The predicted octanol–water partition coefficient (Wildman–Crippen LogP) is 1.09. The van der Waals surface area contributed by atoms with Crippen molar-refractivity contribution in [3.63, 3.8) is 0 Å². The third-order valence-electron chi connectivity index (χ3n) is 1.13. The van der Waals surface area contributed by atoms with Crippen LogP contribution in [0.3, 0.4) is 0 Å². The van der Waals surface area contributed by atoms with E-state index in [1.165, 1.54) is 0 Å². The molecule has 0 fully saturated rings. The summed E-state index contributed by atoms with van der Waals surface area (Å²) in [6.07, 6.45) is 0. The molecule has 10 heavy (non-hydrogen) atoms. The largest absolute Gasteiger partial charge is 0.396 e. The van der Waals surface area contributed by atoms with E-state index in [0.717, 1.165) is 0 Å². The maximum atomic E-state index is 5.49. The fourth-order valence-corrected chi connectivity index (χ4v) is 0.379. The maximum Gasteiger partial charge on any atom is 0.0798 e. The molecule has 0 heterocycles. The normalized spacial score (nSPS) is 11.7. The van der Waals surface area contributed by atoms with Gasteiger partial charge in [-0.1, -0.05) is 6.58 Å². The summed E-state index contributed by atoms with van der Waals surface area (Å²) in [5, 5.41) is 0. The van der Waals surface area contributed by atoms with Gasteiger partial charge in [0.1, 0.15) is 0 Å². The van der Waals surface area contributed by atoms with E-state index >= 15 is 0 Å². The van der Waals surface area contributed by atoms with Gasteiger partial charge in [0.2, 0.25) is 0 Å². The van der Waals surface area contributed by atoms with Gasteiger partial charge in [-0.05, 0) is 20.4 Å². The molecule has 0 atom stereocenters. The molecule has 0 aromatic carbocycles. The fourth-order valence-electron chi connectivity index (χ4n) is 0.379. The molecule has 54 valence electrons. The number of aliphatic imine (C=N–C) groups is 2. The number of nitrogens with zero attached hydrogens (tertiary/aromatic N) is 2. The Morgan fingerprint density at radius 2 is 1.80 bits per heavy atom. The maximum absolute atomic E-state index is 5.49. The minimum Gasteiger partial charge on any atom is -0.396 e. The van der Waals surface area contributed by atoms with Crippen LogP contribution in [0.1, 0.15) is 6.92 Å². The zero-order valence-corrected chi connectivity index (χ0v) is 6.09. The van der Waals surface area contributed by atoms with E-state index in [1.807, 2.05) is 0 Å². The highest BCUT2D eigenvalue weighted by atomic mass is 14.8. The molecule has 0 saturated heterocycles. The van der Waals surface area contributed by atoms with Gasteiger partial charge in [-0.25, -0.2) is 0 Å². The van der Waals surface area contributed by atoms with E-state index in [4.69, 9.17) is 5.73 Å². The average molecular weight is 137 g/mol. The van der Waals surface area contributed by atoms with Gasteiger partial charge in [0, 0.05) is 0 Å². The van der Waals surface area contributed by atoms with Crippen LogP contribution in [-0.4, -0.2) is 13.4 Å².